The predicted octanol–water partition coefficient (Wildman–Crippen LogP) is 0.791. The Balaban J connectivity index is 2.39. The predicted molar refractivity (Wildman–Crippen MR) is 43.2 cm³/mol. The second kappa shape index (κ2) is 1.73. The third-order valence-corrected chi connectivity index (χ3v) is 3.20. The van der Waals surface area contributed by atoms with Crippen molar-refractivity contribution in [3.8, 4) is 0 Å². The van der Waals surface area contributed by atoms with Gasteiger partial charge >= 0.3 is 0 Å². The van der Waals surface area contributed by atoms with Gasteiger partial charge in [0.1, 0.15) is 0 Å². The van der Waals surface area contributed by atoms with E-state index < -0.39 is 0 Å². The van der Waals surface area contributed by atoms with Crippen LogP contribution in [0.25, 0.3) is 0 Å². The highest BCUT2D eigenvalue weighted by Gasteiger charge is 2.63. The van der Waals surface area contributed by atoms with Crippen LogP contribution in [0.1, 0.15) is 26.7 Å². The minimum atomic E-state index is -0.239. The van der Waals surface area contributed by atoms with Crippen LogP contribution in [0.3, 0.4) is 0 Å². The number of imide groups is 1. The molecule has 1 saturated carbocycles. The molecular formula is C9H13NO2. The van der Waals surface area contributed by atoms with Crippen molar-refractivity contribution in [2.45, 2.75) is 26.7 Å². The van der Waals surface area contributed by atoms with E-state index in [0.717, 1.165) is 12.8 Å². The summed E-state index contributed by atoms with van der Waals surface area (Å²) in [4.78, 5) is 24.4. The molecule has 12 heavy (non-hydrogen) atoms. The van der Waals surface area contributed by atoms with Gasteiger partial charge in [-0.25, -0.2) is 0 Å². The molecule has 3 nitrogen and oxygen atoms in total. The van der Waals surface area contributed by atoms with Gasteiger partial charge in [0.25, 0.3) is 0 Å². The van der Waals surface area contributed by atoms with Gasteiger partial charge in [-0.1, -0.05) is 13.8 Å². The number of rotatable bonds is 0. The molecule has 1 aliphatic carbocycles. The summed E-state index contributed by atoms with van der Waals surface area (Å²) in [5, 5.41) is 0. The molecule has 0 aromatic rings. The van der Waals surface area contributed by atoms with Crippen molar-refractivity contribution >= 4 is 11.8 Å². The molecule has 0 N–H and O–H groups in total. The first-order valence-corrected chi connectivity index (χ1v) is 4.22. The van der Waals surface area contributed by atoms with Crippen molar-refractivity contribution in [2.24, 2.45) is 10.8 Å². The summed E-state index contributed by atoms with van der Waals surface area (Å²) >= 11 is 0. The third kappa shape index (κ3) is 0.625. The van der Waals surface area contributed by atoms with E-state index in [2.05, 4.69) is 0 Å². The monoisotopic (exact) mass is 167 g/mol. The van der Waals surface area contributed by atoms with Crippen LogP contribution in [-0.4, -0.2) is 23.8 Å². The second-order valence-electron chi connectivity index (χ2n) is 4.64. The van der Waals surface area contributed by atoms with E-state index in [1.54, 1.807) is 7.05 Å². The van der Waals surface area contributed by atoms with Crippen LogP contribution in [0, 0.1) is 10.8 Å². The van der Waals surface area contributed by atoms with Gasteiger partial charge in [0.2, 0.25) is 11.8 Å². The summed E-state index contributed by atoms with van der Waals surface area (Å²) in [5.41, 5.74) is -0.477. The van der Waals surface area contributed by atoms with Crippen LogP contribution >= 0.6 is 0 Å². The molecule has 2 aliphatic heterocycles. The molecule has 3 aliphatic rings. The molecule has 0 aromatic heterocycles. The maximum Gasteiger partial charge on any atom is 0.234 e. The van der Waals surface area contributed by atoms with Gasteiger partial charge in [0.15, 0.2) is 0 Å². The molecule has 2 heterocycles. The summed E-state index contributed by atoms with van der Waals surface area (Å²) in [6.45, 7) is 3.89. The maximum absolute atomic E-state index is 11.5. The van der Waals surface area contributed by atoms with Crippen molar-refractivity contribution in [1.82, 2.24) is 4.90 Å². The average molecular weight is 167 g/mol. The zero-order valence-corrected chi connectivity index (χ0v) is 7.68. The molecule has 0 atom stereocenters. The molecule has 3 fully saturated rings. The fraction of sp³-hybridized carbons (Fsp3) is 0.778. The van der Waals surface area contributed by atoms with Crippen LogP contribution in [0.5, 0.6) is 0 Å². The SMILES string of the molecule is CN1C(=O)C2(C)CC(C)(C2)C1=O. The van der Waals surface area contributed by atoms with Crippen molar-refractivity contribution in [3.63, 3.8) is 0 Å². The van der Waals surface area contributed by atoms with Crippen molar-refractivity contribution in [2.75, 3.05) is 7.05 Å². The Morgan fingerprint density at radius 2 is 1.42 bits per heavy atom. The van der Waals surface area contributed by atoms with Gasteiger partial charge in [-0.3, -0.25) is 14.5 Å². The van der Waals surface area contributed by atoms with Gasteiger partial charge in [0.05, 0.1) is 0 Å². The van der Waals surface area contributed by atoms with Gasteiger partial charge in [0, 0.05) is 17.9 Å². The molecule has 0 unspecified atom stereocenters. The number of carbonyl (C=O) groups is 2. The molecule has 2 bridgehead atoms. The molecule has 3 heteroatoms. The van der Waals surface area contributed by atoms with Crippen LogP contribution in [0.15, 0.2) is 0 Å². The Morgan fingerprint density at radius 1 is 1.08 bits per heavy atom. The lowest BCUT2D eigenvalue weighted by Gasteiger charge is -2.57. The standard InChI is InChI=1S/C9H13NO2/c1-8-4-9(2,5-8)7(12)10(3)6(8)11/h4-5H2,1-3H3. The molecule has 2 saturated heterocycles. The molecular weight excluding hydrogens is 154 g/mol. The highest BCUT2D eigenvalue weighted by molar-refractivity contribution is 6.06. The van der Waals surface area contributed by atoms with Gasteiger partial charge in [-0.15, -0.1) is 0 Å². The first-order chi connectivity index (χ1) is 5.39. The van der Waals surface area contributed by atoms with Gasteiger partial charge in [-0.2, -0.15) is 0 Å². The first kappa shape index (κ1) is 7.77. The number of hydrogen-bond acceptors (Lipinski definition) is 2. The molecule has 66 valence electrons. The lowest BCUT2D eigenvalue weighted by Crippen LogP contribution is -2.66. The summed E-state index contributed by atoms with van der Waals surface area (Å²) in [6, 6.07) is 0. The van der Waals surface area contributed by atoms with E-state index in [0.29, 0.717) is 0 Å². The Labute approximate surface area is 71.7 Å². The van der Waals surface area contributed by atoms with E-state index in [1.807, 2.05) is 13.8 Å². The smallest absolute Gasteiger partial charge is 0.234 e. The summed E-state index contributed by atoms with van der Waals surface area (Å²) in [6.07, 6.45) is 1.48. The third-order valence-electron chi connectivity index (χ3n) is 3.20. The lowest BCUT2D eigenvalue weighted by molar-refractivity contribution is -0.185. The largest absolute Gasteiger partial charge is 0.285 e. The van der Waals surface area contributed by atoms with Crippen LogP contribution in [0.2, 0.25) is 0 Å². The Kier molecular flexibility index (Phi) is 1.12. The topological polar surface area (TPSA) is 37.4 Å². The summed E-state index contributed by atoms with van der Waals surface area (Å²) in [5.74, 6) is -0.00699. The van der Waals surface area contributed by atoms with Gasteiger partial charge in [-0.05, 0) is 12.8 Å². The lowest BCUT2D eigenvalue weighted by atomic mass is 9.50. The van der Waals surface area contributed by atoms with Crippen LogP contribution < -0.4 is 0 Å². The van der Waals surface area contributed by atoms with Crippen LogP contribution in [0.4, 0.5) is 0 Å². The second-order valence-corrected chi connectivity index (χ2v) is 4.64. The Hall–Kier alpha value is -0.860. The molecule has 0 radical (unpaired) electrons. The highest BCUT2D eigenvalue weighted by atomic mass is 16.2. The average Bonchev–Trinajstić information content (AvgIpc) is 1.94. The summed E-state index contributed by atoms with van der Waals surface area (Å²) in [7, 11) is 1.58. The van der Waals surface area contributed by atoms with E-state index in [1.165, 1.54) is 4.90 Å². The minimum absolute atomic E-state index is 0.00350. The Bertz CT molecular complexity index is 250. The van der Waals surface area contributed by atoms with E-state index in [9.17, 15) is 9.59 Å². The zero-order valence-electron chi connectivity index (χ0n) is 7.68. The van der Waals surface area contributed by atoms with E-state index in [-0.39, 0.29) is 22.6 Å². The normalized spacial score (nSPS) is 46.1. The quantitative estimate of drug-likeness (QED) is 0.500. The van der Waals surface area contributed by atoms with Crippen molar-refractivity contribution < 1.29 is 9.59 Å². The van der Waals surface area contributed by atoms with Gasteiger partial charge < -0.3 is 0 Å². The van der Waals surface area contributed by atoms with Crippen LogP contribution in [-0.2, 0) is 9.59 Å². The fourth-order valence-corrected chi connectivity index (χ4v) is 2.87. The number of carbonyl (C=O) groups excluding carboxylic acids is 2. The minimum Gasteiger partial charge on any atom is -0.285 e. The highest BCUT2D eigenvalue weighted by Crippen LogP contribution is 2.59. The zero-order chi connectivity index (χ0) is 9.15. The number of piperidine rings is 2. The molecule has 3 rings (SSSR count). The van der Waals surface area contributed by atoms with Crippen molar-refractivity contribution in [3.05, 3.63) is 0 Å². The fourth-order valence-electron chi connectivity index (χ4n) is 2.87. The molecule has 0 aromatic carbocycles. The van der Waals surface area contributed by atoms with E-state index in [4.69, 9.17) is 0 Å². The first-order valence-electron chi connectivity index (χ1n) is 4.22. The molecule has 2 amide bonds. The number of nitrogens with zero attached hydrogens (tertiary/aromatic N) is 1. The summed E-state index contributed by atoms with van der Waals surface area (Å²) < 4.78 is 0. The van der Waals surface area contributed by atoms with E-state index >= 15 is 0 Å². The van der Waals surface area contributed by atoms with Crippen molar-refractivity contribution in [1.29, 1.82) is 0 Å². The molecule has 0 spiro atoms. The maximum atomic E-state index is 11.5. The Morgan fingerprint density at radius 3 is 1.75 bits per heavy atom. The number of fused-ring (bicyclic) bond motifs is 2. The number of hydrogen-bond donors (Lipinski definition) is 0. The number of amides is 2.